The first-order valence-electron chi connectivity index (χ1n) is 15.7. The van der Waals surface area contributed by atoms with Crippen LogP contribution in [0, 0.1) is 17.8 Å². The molecule has 0 aliphatic carbocycles. The van der Waals surface area contributed by atoms with Crippen molar-refractivity contribution in [2.45, 2.75) is 105 Å². The number of nitrogens with one attached hydrogen (secondary N) is 5. The molecule has 0 saturated carbocycles. The minimum atomic E-state index is -1.48. The van der Waals surface area contributed by atoms with Gasteiger partial charge in [-0.05, 0) is 44.1 Å². The molecule has 5 amide bonds. The van der Waals surface area contributed by atoms with Crippen LogP contribution in [0.2, 0.25) is 0 Å². The fourth-order valence-corrected chi connectivity index (χ4v) is 4.44. The second kappa shape index (κ2) is 18.8. The Kier molecular flexibility index (Phi) is 16.3. The molecule has 0 saturated heterocycles. The molecule has 5 atom stereocenters. The summed E-state index contributed by atoms with van der Waals surface area (Å²) in [4.78, 5) is 77.9. The van der Waals surface area contributed by atoms with Gasteiger partial charge in [-0.3, -0.25) is 19.2 Å². The van der Waals surface area contributed by atoms with E-state index in [0.717, 1.165) is 5.56 Å². The van der Waals surface area contributed by atoms with Gasteiger partial charge in [-0.15, -0.1) is 0 Å². The maximum Gasteiger partial charge on any atom is 0.408 e. The number of carbonyl (C=O) groups is 6. The highest BCUT2D eigenvalue weighted by Crippen LogP contribution is 2.11. The van der Waals surface area contributed by atoms with Crippen LogP contribution in [0.5, 0.6) is 0 Å². The van der Waals surface area contributed by atoms with E-state index in [-0.39, 0.29) is 12.3 Å². The number of benzene rings is 1. The molecule has 14 heteroatoms. The summed E-state index contributed by atoms with van der Waals surface area (Å²) in [5, 5.41) is 22.8. The Morgan fingerprint density at radius 2 is 1.09 bits per heavy atom. The molecule has 0 radical (unpaired) electrons. The number of methoxy groups -OCH3 is 1. The van der Waals surface area contributed by atoms with E-state index < -0.39 is 89.9 Å². The topological polar surface area (TPSA) is 201 Å². The number of esters is 1. The van der Waals surface area contributed by atoms with Gasteiger partial charge in [0.05, 0.1) is 13.7 Å². The van der Waals surface area contributed by atoms with E-state index in [1.165, 1.54) is 7.11 Å². The molecule has 47 heavy (non-hydrogen) atoms. The highest BCUT2D eigenvalue weighted by atomic mass is 16.6. The average molecular weight is 664 g/mol. The van der Waals surface area contributed by atoms with Gasteiger partial charge < -0.3 is 41.2 Å². The predicted molar refractivity (Wildman–Crippen MR) is 175 cm³/mol. The zero-order valence-corrected chi connectivity index (χ0v) is 29.1. The van der Waals surface area contributed by atoms with Crippen molar-refractivity contribution in [1.82, 2.24) is 26.6 Å². The fraction of sp³-hybridized carbons (Fsp3) is 0.636. The molecule has 0 unspecified atom stereocenters. The summed E-state index contributed by atoms with van der Waals surface area (Å²) in [7, 11) is 1.20. The molecule has 0 aliphatic heterocycles. The van der Waals surface area contributed by atoms with Crippen molar-refractivity contribution in [3.8, 4) is 0 Å². The number of carbonyl (C=O) groups excluding carboxylic acids is 6. The van der Waals surface area contributed by atoms with E-state index in [1.54, 1.807) is 86.6 Å². The van der Waals surface area contributed by atoms with Gasteiger partial charge in [0.2, 0.25) is 23.6 Å². The van der Waals surface area contributed by atoms with E-state index in [2.05, 4.69) is 26.6 Å². The Morgan fingerprint density at radius 3 is 1.51 bits per heavy atom. The molecule has 1 aromatic carbocycles. The molecule has 0 heterocycles. The lowest BCUT2D eigenvalue weighted by Gasteiger charge is -2.29. The second-order valence-corrected chi connectivity index (χ2v) is 13.3. The first-order valence-corrected chi connectivity index (χ1v) is 15.7. The van der Waals surface area contributed by atoms with Crippen molar-refractivity contribution >= 4 is 35.7 Å². The second-order valence-electron chi connectivity index (χ2n) is 13.3. The Bertz CT molecular complexity index is 1210. The zero-order valence-electron chi connectivity index (χ0n) is 29.1. The lowest BCUT2D eigenvalue weighted by Crippen LogP contribution is -2.61. The summed E-state index contributed by atoms with van der Waals surface area (Å²) in [6.45, 7) is 14.4. The lowest BCUT2D eigenvalue weighted by molar-refractivity contribution is -0.145. The van der Waals surface area contributed by atoms with Gasteiger partial charge >= 0.3 is 12.1 Å². The van der Waals surface area contributed by atoms with Gasteiger partial charge in [0.15, 0.2) is 0 Å². The molecule has 0 aliphatic rings. The smallest absolute Gasteiger partial charge is 0.408 e. The van der Waals surface area contributed by atoms with E-state index in [9.17, 15) is 33.9 Å². The molecule has 0 bridgehead atoms. The van der Waals surface area contributed by atoms with Gasteiger partial charge in [0, 0.05) is 6.42 Å². The van der Waals surface area contributed by atoms with Crippen LogP contribution in [0.4, 0.5) is 4.79 Å². The third kappa shape index (κ3) is 14.0. The molecule has 6 N–H and O–H groups in total. The van der Waals surface area contributed by atoms with Gasteiger partial charge in [-0.25, -0.2) is 9.59 Å². The van der Waals surface area contributed by atoms with Crippen LogP contribution in [-0.2, 0) is 39.9 Å². The van der Waals surface area contributed by atoms with Crippen LogP contribution in [0.3, 0.4) is 0 Å². The number of rotatable bonds is 16. The number of amides is 5. The summed E-state index contributed by atoms with van der Waals surface area (Å²) in [5.41, 5.74) is -0.00785. The Hall–Kier alpha value is -4.20. The van der Waals surface area contributed by atoms with E-state index >= 15 is 0 Å². The van der Waals surface area contributed by atoms with Crippen LogP contribution in [-0.4, -0.2) is 90.3 Å². The van der Waals surface area contributed by atoms with Gasteiger partial charge in [0.1, 0.15) is 35.8 Å². The summed E-state index contributed by atoms with van der Waals surface area (Å²) in [5.74, 6) is -4.85. The number of ether oxygens (including phenoxy) is 2. The van der Waals surface area contributed by atoms with Crippen LogP contribution < -0.4 is 26.6 Å². The number of hydrogen-bond acceptors (Lipinski definition) is 9. The third-order valence-corrected chi connectivity index (χ3v) is 7.02. The van der Waals surface area contributed by atoms with Crippen LogP contribution in [0.1, 0.15) is 67.9 Å². The Balaban J connectivity index is 3.03. The van der Waals surface area contributed by atoms with Crippen molar-refractivity contribution in [3.05, 3.63) is 35.9 Å². The SMILES string of the molecule is COC(=O)[C@H](Cc1ccccc1)NC(=O)[C@@H](NC(=O)[C@@H](CO)NC(=O)[C@@H](NC(=O)[C@@H](NC(=O)OC(C)(C)C)C(C)C)C(C)C)C(C)C. The summed E-state index contributed by atoms with van der Waals surface area (Å²) < 4.78 is 10.1. The van der Waals surface area contributed by atoms with Crippen molar-refractivity contribution in [2.75, 3.05) is 13.7 Å². The Labute approximate surface area is 277 Å². The molecule has 0 fully saturated rings. The van der Waals surface area contributed by atoms with E-state index in [4.69, 9.17) is 9.47 Å². The maximum atomic E-state index is 13.3. The van der Waals surface area contributed by atoms with Crippen LogP contribution >= 0.6 is 0 Å². The van der Waals surface area contributed by atoms with E-state index in [1.807, 2.05) is 6.07 Å². The van der Waals surface area contributed by atoms with Gasteiger partial charge in [0.25, 0.3) is 0 Å². The normalized spacial score (nSPS) is 14.7. The number of alkyl carbamates (subject to hydrolysis) is 1. The van der Waals surface area contributed by atoms with Gasteiger partial charge in [-0.2, -0.15) is 0 Å². The maximum absolute atomic E-state index is 13.3. The van der Waals surface area contributed by atoms with Crippen molar-refractivity contribution in [3.63, 3.8) is 0 Å². The molecule has 1 aromatic rings. The highest BCUT2D eigenvalue weighted by Gasteiger charge is 2.35. The largest absolute Gasteiger partial charge is 0.467 e. The predicted octanol–water partition coefficient (Wildman–Crippen LogP) is 1.19. The van der Waals surface area contributed by atoms with Crippen molar-refractivity contribution in [1.29, 1.82) is 0 Å². The minimum absolute atomic E-state index is 0.153. The minimum Gasteiger partial charge on any atom is -0.467 e. The third-order valence-electron chi connectivity index (χ3n) is 7.02. The lowest BCUT2D eigenvalue weighted by atomic mass is 9.99. The standard InChI is InChI=1S/C33H53N5O9/c1-18(2)24(28(41)34-22(31(44)46-10)16-21-14-12-11-13-15-21)36-27(40)23(17-39)35-29(42)25(19(3)4)37-30(43)26(20(5)6)38-32(45)47-33(7,8)9/h11-15,18-20,22-26,39H,16-17H2,1-10H3,(H,34,41)(H,35,42)(H,36,40)(H,37,43)(H,38,45)/t22-,23+,24-,25-,26-/m0/s1. The summed E-state index contributed by atoms with van der Waals surface area (Å²) >= 11 is 0. The highest BCUT2D eigenvalue weighted by molar-refractivity contribution is 5.96. The first kappa shape index (κ1) is 40.8. The van der Waals surface area contributed by atoms with Crippen molar-refractivity contribution in [2.24, 2.45) is 17.8 Å². The molecule has 0 aromatic heterocycles. The zero-order chi connectivity index (χ0) is 36.1. The summed E-state index contributed by atoms with van der Waals surface area (Å²) in [6.07, 6.45) is -0.642. The molecular weight excluding hydrogens is 610 g/mol. The van der Waals surface area contributed by atoms with Crippen LogP contribution in [0.25, 0.3) is 0 Å². The number of aliphatic hydroxyl groups is 1. The number of hydrogen-bond donors (Lipinski definition) is 6. The molecule has 264 valence electrons. The quantitative estimate of drug-likeness (QED) is 0.141. The number of aliphatic hydroxyl groups excluding tert-OH is 1. The van der Waals surface area contributed by atoms with Gasteiger partial charge in [-0.1, -0.05) is 71.9 Å². The Morgan fingerprint density at radius 1 is 0.660 bits per heavy atom. The molecule has 0 spiro atoms. The molecular formula is C33H53N5O9. The molecule has 1 rings (SSSR count). The first-order chi connectivity index (χ1) is 21.8. The van der Waals surface area contributed by atoms with Crippen molar-refractivity contribution < 1.29 is 43.3 Å². The van der Waals surface area contributed by atoms with E-state index in [0.29, 0.717) is 0 Å². The molecule has 14 nitrogen and oxygen atoms in total. The fourth-order valence-electron chi connectivity index (χ4n) is 4.44. The average Bonchev–Trinajstić information content (AvgIpc) is 2.97. The van der Waals surface area contributed by atoms with Crippen LogP contribution in [0.15, 0.2) is 30.3 Å². The monoisotopic (exact) mass is 663 g/mol. The summed E-state index contributed by atoms with van der Waals surface area (Å²) in [6, 6.07) is 3.19.